The molecule has 1 fully saturated rings. The van der Waals surface area contributed by atoms with Crippen LogP contribution in [-0.4, -0.2) is 46.7 Å². The van der Waals surface area contributed by atoms with Crippen LogP contribution in [-0.2, 0) is 6.42 Å². The van der Waals surface area contributed by atoms with Gasteiger partial charge in [-0.05, 0) is 56.6 Å². The van der Waals surface area contributed by atoms with Crippen LogP contribution < -0.4 is 5.32 Å². The minimum Gasteiger partial charge on any atom is -0.508 e. The quantitative estimate of drug-likeness (QED) is 0.875. The van der Waals surface area contributed by atoms with Crippen LogP contribution >= 0.6 is 11.8 Å². The Morgan fingerprint density at radius 1 is 1.41 bits per heavy atom. The first-order chi connectivity index (χ1) is 10.5. The number of rotatable bonds is 5. The highest BCUT2D eigenvalue weighted by molar-refractivity contribution is 7.99. The van der Waals surface area contributed by atoms with Crippen LogP contribution in [0.4, 0.5) is 4.79 Å². The molecule has 4 nitrogen and oxygen atoms in total. The van der Waals surface area contributed by atoms with E-state index in [1.165, 1.54) is 6.42 Å². The number of benzene rings is 1. The minimum absolute atomic E-state index is 0.0121. The summed E-state index contributed by atoms with van der Waals surface area (Å²) in [7, 11) is 1.85. The second-order valence-electron chi connectivity index (χ2n) is 6.15. The van der Waals surface area contributed by atoms with Gasteiger partial charge in [-0.3, -0.25) is 0 Å². The maximum atomic E-state index is 12.3. The third-order valence-corrected chi connectivity index (χ3v) is 5.59. The molecular formula is C17H26N2O2S. The molecule has 0 unspecified atom stereocenters. The van der Waals surface area contributed by atoms with Gasteiger partial charge in [0.1, 0.15) is 5.75 Å². The normalized spacial score (nSPS) is 22.3. The van der Waals surface area contributed by atoms with Gasteiger partial charge >= 0.3 is 6.03 Å². The number of phenols is 1. The Kier molecular flexibility index (Phi) is 6.00. The summed E-state index contributed by atoms with van der Waals surface area (Å²) < 4.78 is 0. The molecule has 22 heavy (non-hydrogen) atoms. The second kappa shape index (κ2) is 7.77. The molecule has 0 saturated heterocycles. The lowest BCUT2D eigenvalue weighted by atomic mass is 10.1. The fourth-order valence-electron chi connectivity index (χ4n) is 2.87. The highest BCUT2D eigenvalue weighted by atomic mass is 32.2. The number of nitrogens with zero attached hydrogens (tertiary/aromatic N) is 1. The summed E-state index contributed by atoms with van der Waals surface area (Å²) >= 11 is 1.90. The Morgan fingerprint density at radius 3 is 2.68 bits per heavy atom. The van der Waals surface area contributed by atoms with Gasteiger partial charge in [-0.15, -0.1) is 0 Å². The van der Waals surface area contributed by atoms with E-state index in [9.17, 15) is 9.90 Å². The molecule has 2 amide bonds. The van der Waals surface area contributed by atoms with Crippen LogP contribution in [0.15, 0.2) is 24.3 Å². The van der Waals surface area contributed by atoms with Gasteiger partial charge in [0.15, 0.2) is 0 Å². The van der Waals surface area contributed by atoms with E-state index in [0.717, 1.165) is 24.8 Å². The number of hydrogen-bond acceptors (Lipinski definition) is 3. The van der Waals surface area contributed by atoms with Gasteiger partial charge in [0.2, 0.25) is 0 Å². The number of urea groups is 1. The van der Waals surface area contributed by atoms with E-state index in [2.05, 4.69) is 11.6 Å². The van der Waals surface area contributed by atoms with Crippen molar-refractivity contribution in [2.75, 3.05) is 13.3 Å². The number of thioether (sulfide) groups is 1. The molecule has 1 saturated carbocycles. The average molecular weight is 322 g/mol. The predicted molar refractivity (Wildman–Crippen MR) is 92.5 cm³/mol. The van der Waals surface area contributed by atoms with Crippen molar-refractivity contribution < 1.29 is 9.90 Å². The minimum atomic E-state index is 0.0121. The van der Waals surface area contributed by atoms with Crippen molar-refractivity contribution in [2.45, 2.75) is 49.9 Å². The summed E-state index contributed by atoms with van der Waals surface area (Å²) in [6.45, 7) is 2.05. The fourth-order valence-corrected chi connectivity index (χ4v) is 3.67. The van der Waals surface area contributed by atoms with Gasteiger partial charge in [0.25, 0.3) is 0 Å². The van der Waals surface area contributed by atoms with Crippen molar-refractivity contribution in [3.8, 4) is 5.75 Å². The van der Waals surface area contributed by atoms with Crippen molar-refractivity contribution in [1.29, 1.82) is 0 Å². The van der Waals surface area contributed by atoms with Gasteiger partial charge in [0, 0.05) is 24.4 Å². The molecule has 0 aromatic heterocycles. The number of hydrogen-bond donors (Lipinski definition) is 2. The Hall–Kier alpha value is -1.36. The molecule has 2 N–H and O–H groups in total. The number of likely N-dealkylation sites (N-methyl/N-ethyl adjacent to an activating group) is 1. The third kappa shape index (κ3) is 4.57. The zero-order valence-corrected chi connectivity index (χ0v) is 14.4. The highest BCUT2D eigenvalue weighted by Crippen LogP contribution is 2.28. The van der Waals surface area contributed by atoms with E-state index in [1.54, 1.807) is 17.0 Å². The topological polar surface area (TPSA) is 52.6 Å². The first kappa shape index (κ1) is 17.0. The van der Waals surface area contributed by atoms with Crippen LogP contribution in [0.25, 0.3) is 0 Å². The van der Waals surface area contributed by atoms with Crippen LogP contribution in [0.2, 0.25) is 0 Å². The third-order valence-electron chi connectivity index (χ3n) is 4.49. The van der Waals surface area contributed by atoms with E-state index in [-0.39, 0.29) is 17.8 Å². The van der Waals surface area contributed by atoms with Gasteiger partial charge in [0.05, 0.1) is 0 Å². The molecule has 0 bridgehead atoms. The van der Waals surface area contributed by atoms with Crippen LogP contribution in [0, 0.1) is 0 Å². The Morgan fingerprint density at radius 2 is 2.09 bits per heavy atom. The van der Waals surface area contributed by atoms with Gasteiger partial charge in [-0.2, -0.15) is 11.8 Å². The number of nitrogens with one attached hydrogen (secondary N) is 1. The molecule has 1 aromatic carbocycles. The van der Waals surface area contributed by atoms with Crippen LogP contribution in [0.5, 0.6) is 5.75 Å². The molecule has 0 radical (unpaired) electrons. The summed E-state index contributed by atoms with van der Waals surface area (Å²) in [6.07, 6.45) is 6.27. The summed E-state index contributed by atoms with van der Waals surface area (Å²) in [5.74, 6) is 0.270. The van der Waals surface area contributed by atoms with E-state index >= 15 is 0 Å². The van der Waals surface area contributed by atoms with Gasteiger partial charge < -0.3 is 15.3 Å². The zero-order valence-electron chi connectivity index (χ0n) is 13.6. The maximum Gasteiger partial charge on any atom is 0.317 e. The second-order valence-corrected chi connectivity index (χ2v) is 7.29. The van der Waals surface area contributed by atoms with Crippen LogP contribution in [0.3, 0.4) is 0 Å². The average Bonchev–Trinajstić information content (AvgIpc) is 2.96. The Balaban J connectivity index is 1.83. The molecular weight excluding hydrogens is 296 g/mol. The zero-order chi connectivity index (χ0) is 16.1. The largest absolute Gasteiger partial charge is 0.508 e. The Labute approximate surface area is 137 Å². The lowest BCUT2D eigenvalue weighted by Crippen LogP contribution is -2.46. The summed E-state index contributed by atoms with van der Waals surface area (Å²) in [5.41, 5.74) is 1.12. The number of carbonyl (C=O) groups is 1. The highest BCUT2D eigenvalue weighted by Gasteiger charge is 2.27. The number of phenolic OH excluding ortho intramolecular Hbond substituents is 1. The fraction of sp³-hybridized carbons (Fsp3) is 0.588. The molecule has 2 rings (SSSR count). The van der Waals surface area contributed by atoms with E-state index < -0.39 is 0 Å². The number of amides is 2. The standard InChI is InChI=1S/C17H26N2O2S/c1-12(10-13-4-7-15(20)8-5-13)19(2)17(21)18-14-6-9-16(11-14)22-3/h4-5,7-8,12,14,16,20H,6,9-11H2,1-3H3,(H,18,21)/t12-,14+,16+/m1/s1. The van der Waals surface area contributed by atoms with E-state index in [0.29, 0.717) is 11.3 Å². The van der Waals surface area contributed by atoms with Crippen molar-refractivity contribution >= 4 is 17.8 Å². The smallest absolute Gasteiger partial charge is 0.317 e. The van der Waals surface area contributed by atoms with Crippen molar-refractivity contribution in [3.63, 3.8) is 0 Å². The number of aromatic hydroxyl groups is 1. The van der Waals surface area contributed by atoms with Gasteiger partial charge in [-0.25, -0.2) is 4.79 Å². The molecule has 1 aliphatic rings. The lowest BCUT2D eigenvalue weighted by Gasteiger charge is -2.27. The first-order valence-corrected chi connectivity index (χ1v) is 9.12. The molecule has 122 valence electrons. The van der Waals surface area contributed by atoms with Crippen molar-refractivity contribution in [3.05, 3.63) is 29.8 Å². The molecule has 1 aromatic rings. The molecule has 0 spiro atoms. The molecule has 0 aliphatic heterocycles. The number of carbonyl (C=O) groups excluding carboxylic acids is 1. The summed E-state index contributed by atoms with van der Waals surface area (Å²) in [4.78, 5) is 14.1. The van der Waals surface area contributed by atoms with Crippen molar-refractivity contribution in [1.82, 2.24) is 10.2 Å². The SMILES string of the molecule is CS[C@H]1CC[C@H](NC(=O)N(C)[C@H](C)Cc2ccc(O)cc2)C1. The first-order valence-electron chi connectivity index (χ1n) is 7.83. The monoisotopic (exact) mass is 322 g/mol. The summed E-state index contributed by atoms with van der Waals surface area (Å²) in [6, 6.07) is 7.61. The van der Waals surface area contributed by atoms with E-state index in [4.69, 9.17) is 0 Å². The Bertz CT molecular complexity index is 492. The molecule has 0 heterocycles. The summed E-state index contributed by atoms with van der Waals surface area (Å²) in [5, 5.41) is 13.2. The van der Waals surface area contributed by atoms with E-state index in [1.807, 2.05) is 37.9 Å². The lowest BCUT2D eigenvalue weighted by molar-refractivity contribution is 0.190. The predicted octanol–water partition coefficient (Wildman–Crippen LogP) is 3.25. The van der Waals surface area contributed by atoms with Crippen LogP contribution in [0.1, 0.15) is 31.7 Å². The molecule has 3 atom stereocenters. The maximum absolute atomic E-state index is 12.3. The van der Waals surface area contributed by atoms with Crippen molar-refractivity contribution in [2.24, 2.45) is 0 Å². The van der Waals surface area contributed by atoms with Gasteiger partial charge in [-0.1, -0.05) is 12.1 Å². The molecule has 1 aliphatic carbocycles. The molecule has 5 heteroatoms.